The van der Waals surface area contributed by atoms with Crippen molar-refractivity contribution in [1.82, 2.24) is 0 Å². The highest BCUT2D eigenvalue weighted by molar-refractivity contribution is 7.16. The van der Waals surface area contributed by atoms with E-state index < -0.39 is 0 Å². The van der Waals surface area contributed by atoms with Crippen molar-refractivity contribution in [3.8, 4) is 11.8 Å². The number of carbonyl (C=O) groups excluding carboxylic acids is 2. The fourth-order valence-corrected chi connectivity index (χ4v) is 5.16. The first kappa shape index (κ1) is 18.8. The molecule has 2 aromatic rings. The number of thiophene rings is 1. The molecule has 144 valence electrons. The van der Waals surface area contributed by atoms with Crippen LogP contribution in [0.15, 0.2) is 18.2 Å². The highest BCUT2D eigenvalue weighted by Gasteiger charge is 2.29. The van der Waals surface area contributed by atoms with E-state index >= 15 is 0 Å². The molecular weight excluding hydrogens is 398 g/mol. The summed E-state index contributed by atoms with van der Waals surface area (Å²) in [5.41, 5.74) is 2.08. The zero-order chi connectivity index (χ0) is 19.8. The predicted molar refractivity (Wildman–Crippen MR) is 108 cm³/mol. The average molecular weight is 416 g/mol. The van der Waals surface area contributed by atoms with Crippen LogP contribution in [0.25, 0.3) is 0 Å². The molecule has 1 aliphatic heterocycles. The van der Waals surface area contributed by atoms with E-state index in [4.69, 9.17) is 16.3 Å². The van der Waals surface area contributed by atoms with Crippen molar-refractivity contribution in [1.29, 1.82) is 5.26 Å². The van der Waals surface area contributed by atoms with Gasteiger partial charge in [0.05, 0.1) is 11.3 Å². The molecule has 6 nitrogen and oxygen atoms in total. The second-order valence-electron chi connectivity index (χ2n) is 7.10. The molecule has 2 heterocycles. The Bertz CT molecular complexity index is 1010. The van der Waals surface area contributed by atoms with Crippen molar-refractivity contribution in [2.24, 2.45) is 5.92 Å². The first-order valence-electron chi connectivity index (χ1n) is 9.03. The van der Waals surface area contributed by atoms with Gasteiger partial charge in [-0.1, -0.05) is 18.5 Å². The number of fused-ring (bicyclic) bond motifs is 2. The Balaban J connectivity index is 1.55. The molecule has 0 spiro atoms. The molecule has 0 saturated heterocycles. The summed E-state index contributed by atoms with van der Waals surface area (Å²) in [6.07, 6.45) is 2.84. The van der Waals surface area contributed by atoms with Gasteiger partial charge in [0.2, 0.25) is 5.91 Å². The molecule has 0 bridgehead atoms. The summed E-state index contributed by atoms with van der Waals surface area (Å²) in [5.74, 6) is 0.414. The maximum absolute atomic E-state index is 12.7. The molecule has 0 fully saturated rings. The van der Waals surface area contributed by atoms with Crippen LogP contribution in [0.3, 0.4) is 0 Å². The van der Waals surface area contributed by atoms with E-state index in [1.807, 2.05) is 0 Å². The van der Waals surface area contributed by atoms with Gasteiger partial charge in [-0.05, 0) is 48.9 Å². The van der Waals surface area contributed by atoms with E-state index in [-0.39, 0.29) is 25.0 Å². The number of halogens is 1. The van der Waals surface area contributed by atoms with Gasteiger partial charge < -0.3 is 10.1 Å². The van der Waals surface area contributed by atoms with Gasteiger partial charge in [-0.25, -0.2) is 0 Å². The van der Waals surface area contributed by atoms with Crippen LogP contribution in [-0.2, 0) is 22.4 Å². The molecule has 8 heteroatoms. The van der Waals surface area contributed by atoms with E-state index in [1.54, 1.807) is 18.2 Å². The number of rotatable bonds is 3. The third-order valence-electron chi connectivity index (χ3n) is 5.04. The number of nitrogens with one attached hydrogen (secondary N) is 1. The van der Waals surface area contributed by atoms with Crippen LogP contribution in [0.2, 0.25) is 5.02 Å². The molecule has 1 N–H and O–H groups in total. The van der Waals surface area contributed by atoms with Crippen LogP contribution in [0.5, 0.6) is 5.75 Å². The van der Waals surface area contributed by atoms with Crippen LogP contribution in [-0.4, -0.2) is 25.0 Å². The number of hydrogen-bond acceptors (Lipinski definition) is 5. The second-order valence-corrected chi connectivity index (χ2v) is 8.64. The standard InChI is InChI=1S/C20H18ClN3O3S/c1-11-2-4-13-14(8-22)20(28-17(13)6-11)23-18(25)9-24-15-7-12(21)3-5-16(15)27-10-19(24)26/h3,5,7,11H,2,4,6,9-10H2,1H3,(H,23,25). The summed E-state index contributed by atoms with van der Waals surface area (Å²) in [5, 5.41) is 13.4. The Labute approximate surface area is 171 Å². The summed E-state index contributed by atoms with van der Waals surface area (Å²) in [7, 11) is 0. The Kier molecular flexibility index (Phi) is 5.00. The molecule has 2 aliphatic rings. The lowest BCUT2D eigenvalue weighted by atomic mass is 9.89. The average Bonchev–Trinajstić information content (AvgIpc) is 2.99. The molecule has 2 amide bonds. The lowest BCUT2D eigenvalue weighted by Crippen LogP contribution is -2.43. The minimum Gasteiger partial charge on any atom is -0.482 e. The molecule has 1 aromatic carbocycles. The normalized spacial score (nSPS) is 18.0. The molecule has 0 saturated carbocycles. The fraction of sp³-hybridized carbons (Fsp3) is 0.350. The van der Waals surface area contributed by atoms with Gasteiger partial charge in [0.15, 0.2) is 6.61 Å². The van der Waals surface area contributed by atoms with Crippen LogP contribution < -0.4 is 15.0 Å². The zero-order valence-corrected chi connectivity index (χ0v) is 16.8. The van der Waals surface area contributed by atoms with Gasteiger partial charge >= 0.3 is 0 Å². The minimum atomic E-state index is -0.357. The van der Waals surface area contributed by atoms with Crippen LogP contribution in [0.4, 0.5) is 10.7 Å². The number of benzene rings is 1. The highest BCUT2D eigenvalue weighted by atomic mass is 35.5. The molecule has 1 aliphatic carbocycles. The maximum Gasteiger partial charge on any atom is 0.265 e. The fourth-order valence-electron chi connectivity index (χ4n) is 3.62. The molecule has 0 radical (unpaired) electrons. The maximum atomic E-state index is 12.7. The van der Waals surface area contributed by atoms with Crippen molar-refractivity contribution in [3.63, 3.8) is 0 Å². The van der Waals surface area contributed by atoms with Crippen LogP contribution in [0.1, 0.15) is 29.3 Å². The van der Waals surface area contributed by atoms with Crippen LogP contribution >= 0.6 is 22.9 Å². The highest BCUT2D eigenvalue weighted by Crippen LogP contribution is 2.39. The van der Waals surface area contributed by atoms with Gasteiger partial charge in [-0.15, -0.1) is 11.3 Å². The number of carbonyl (C=O) groups is 2. The zero-order valence-electron chi connectivity index (χ0n) is 15.3. The lowest BCUT2D eigenvalue weighted by molar-refractivity contribution is -0.123. The number of amides is 2. The molecule has 1 aromatic heterocycles. The minimum absolute atomic E-state index is 0.128. The van der Waals surface area contributed by atoms with Crippen molar-refractivity contribution in [3.05, 3.63) is 39.2 Å². The molecule has 1 atom stereocenters. The lowest BCUT2D eigenvalue weighted by Gasteiger charge is -2.28. The SMILES string of the molecule is CC1CCc2c(sc(NC(=O)CN3C(=O)COc4ccc(Cl)cc43)c2C#N)C1. The Hall–Kier alpha value is -2.56. The van der Waals surface area contributed by atoms with E-state index in [0.29, 0.717) is 32.9 Å². The third-order valence-corrected chi connectivity index (χ3v) is 6.45. The number of nitrogens with zero attached hydrogens (tertiary/aromatic N) is 2. The molecule has 28 heavy (non-hydrogen) atoms. The number of hydrogen-bond donors (Lipinski definition) is 1. The van der Waals surface area contributed by atoms with Gasteiger partial charge in [0.1, 0.15) is 23.4 Å². The molecule has 4 rings (SSSR count). The Morgan fingerprint density at radius 2 is 2.32 bits per heavy atom. The molecular formula is C20H18ClN3O3S. The molecule has 1 unspecified atom stereocenters. The van der Waals surface area contributed by atoms with E-state index in [9.17, 15) is 14.9 Å². The van der Waals surface area contributed by atoms with Crippen molar-refractivity contribution in [2.75, 3.05) is 23.4 Å². The monoisotopic (exact) mass is 415 g/mol. The van der Waals surface area contributed by atoms with Gasteiger partial charge in [-0.2, -0.15) is 5.26 Å². The number of nitriles is 1. The topological polar surface area (TPSA) is 82.4 Å². The third kappa shape index (κ3) is 3.46. The predicted octanol–water partition coefficient (Wildman–Crippen LogP) is 3.76. The Morgan fingerprint density at radius 3 is 3.11 bits per heavy atom. The van der Waals surface area contributed by atoms with Crippen molar-refractivity contribution < 1.29 is 14.3 Å². The summed E-state index contributed by atoms with van der Waals surface area (Å²) in [4.78, 5) is 27.5. The number of anilines is 2. The van der Waals surface area contributed by atoms with E-state index in [2.05, 4.69) is 18.3 Å². The summed E-state index contributed by atoms with van der Waals surface area (Å²) >= 11 is 7.50. The van der Waals surface area contributed by atoms with Gasteiger partial charge in [-0.3, -0.25) is 14.5 Å². The smallest absolute Gasteiger partial charge is 0.265 e. The van der Waals surface area contributed by atoms with E-state index in [1.165, 1.54) is 21.1 Å². The van der Waals surface area contributed by atoms with E-state index in [0.717, 1.165) is 24.8 Å². The largest absolute Gasteiger partial charge is 0.482 e. The van der Waals surface area contributed by atoms with Gasteiger partial charge in [0, 0.05) is 9.90 Å². The second kappa shape index (κ2) is 7.46. The first-order valence-corrected chi connectivity index (χ1v) is 10.2. The van der Waals surface area contributed by atoms with Crippen LogP contribution in [0, 0.1) is 17.2 Å². The number of ether oxygens (including phenoxy) is 1. The van der Waals surface area contributed by atoms with Crippen molar-refractivity contribution in [2.45, 2.75) is 26.2 Å². The Morgan fingerprint density at radius 1 is 1.50 bits per heavy atom. The van der Waals surface area contributed by atoms with Crippen molar-refractivity contribution >= 4 is 45.4 Å². The summed E-state index contributed by atoms with van der Waals surface area (Å²) < 4.78 is 5.40. The quantitative estimate of drug-likeness (QED) is 0.827. The van der Waals surface area contributed by atoms with Gasteiger partial charge in [0.25, 0.3) is 5.91 Å². The summed E-state index contributed by atoms with van der Waals surface area (Å²) in [6, 6.07) is 7.19. The summed E-state index contributed by atoms with van der Waals surface area (Å²) in [6.45, 7) is 1.90. The first-order chi connectivity index (χ1) is 13.5.